The molecule has 1 rings (SSSR count). The first-order valence-electron chi connectivity index (χ1n) is 7.42. The normalized spacial score (nSPS) is 10.3. The van der Waals surface area contributed by atoms with E-state index in [2.05, 4.69) is 5.32 Å². The van der Waals surface area contributed by atoms with E-state index in [1.807, 2.05) is 0 Å². The van der Waals surface area contributed by atoms with Gasteiger partial charge in [-0.1, -0.05) is 30.7 Å². The SMILES string of the molecule is O=C(O)CCCCCNC(=O)CCc1ccc(B(O)O)cc1. The lowest BCUT2D eigenvalue weighted by molar-refractivity contribution is -0.137. The van der Waals surface area contributed by atoms with Gasteiger partial charge in [-0.2, -0.15) is 0 Å². The molecule has 4 N–H and O–H groups in total. The first kappa shape index (κ1) is 18.2. The Morgan fingerprint density at radius 1 is 1.00 bits per heavy atom. The second-order valence-corrected chi connectivity index (χ2v) is 5.17. The average molecular weight is 307 g/mol. The van der Waals surface area contributed by atoms with Gasteiger partial charge in [-0.05, 0) is 30.3 Å². The monoisotopic (exact) mass is 307 g/mol. The second kappa shape index (κ2) is 9.97. The summed E-state index contributed by atoms with van der Waals surface area (Å²) < 4.78 is 0. The van der Waals surface area contributed by atoms with Crippen LogP contribution in [0.25, 0.3) is 0 Å². The lowest BCUT2D eigenvalue weighted by Gasteiger charge is -2.06. The molecule has 0 spiro atoms. The van der Waals surface area contributed by atoms with Gasteiger partial charge in [0.05, 0.1) is 0 Å². The molecule has 7 heteroatoms. The van der Waals surface area contributed by atoms with Gasteiger partial charge in [0.1, 0.15) is 0 Å². The topological polar surface area (TPSA) is 107 Å². The van der Waals surface area contributed by atoms with Gasteiger partial charge in [-0.15, -0.1) is 0 Å². The largest absolute Gasteiger partial charge is 0.488 e. The summed E-state index contributed by atoms with van der Waals surface area (Å²) in [5.74, 6) is -0.826. The lowest BCUT2D eigenvalue weighted by Crippen LogP contribution is -2.29. The molecule has 0 saturated carbocycles. The van der Waals surface area contributed by atoms with Crippen LogP contribution >= 0.6 is 0 Å². The Morgan fingerprint density at radius 3 is 2.27 bits per heavy atom. The van der Waals surface area contributed by atoms with Crippen LogP contribution < -0.4 is 10.8 Å². The molecular weight excluding hydrogens is 285 g/mol. The molecule has 6 nitrogen and oxygen atoms in total. The van der Waals surface area contributed by atoms with Gasteiger partial charge in [0, 0.05) is 19.4 Å². The van der Waals surface area contributed by atoms with Crippen molar-refractivity contribution in [2.75, 3.05) is 6.54 Å². The predicted octanol–water partition coefficient (Wildman–Crippen LogP) is 0.0602. The van der Waals surface area contributed by atoms with E-state index in [9.17, 15) is 9.59 Å². The number of unbranched alkanes of at least 4 members (excludes halogenated alkanes) is 2. The molecule has 0 aromatic heterocycles. The van der Waals surface area contributed by atoms with Crippen LogP contribution in [0.5, 0.6) is 0 Å². The van der Waals surface area contributed by atoms with Crippen molar-refractivity contribution >= 4 is 24.5 Å². The van der Waals surface area contributed by atoms with Crippen molar-refractivity contribution in [3.8, 4) is 0 Å². The number of amides is 1. The van der Waals surface area contributed by atoms with Crippen molar-refractivity contribution in [2.24, 2.45) is 0 Å². The van der Waals surface area contributed by atoms with E-state index < -0.39 is 13.1 Å². The van der Waals surface area contributed by atoms with Crippen LogP contribution in [0.4, 0.5) is 0 Å². The highest BCUT2D eigenvalue weighted by molar-refractivity contribution is 6.58. The van der Waals surface area contributed by atoms with Crippen LogP contribution in [0.15, 0.2) is 24.3 Å². The van der Waals surface area contributed by atoms with E-state index in [1.54, 1.807) is 24.3 Å². The van der Waals surface area contributed by atoms with Crippen molar-refractivity contribution < 1.29 is 24.7 Å². The first-order chi connectivity index (χ1) is 10.5. The zero-order valence-corrected chi connectivity index (χ0v) is 12.5. The van der Waals surface area contributed by atoms with Gasteiger partial charge in [-0.3, -0.25) is 9.59 Å². The number of carboxylic acid groups (broad SMARTS) is 1. The summed E-state index contributed by atoms with van der Waals surface area (Å²) in [5.41, 5.74) is 1.38. The van der Waals surface area contributed by atoms with E-state index in [0.29, 0.717) is 31.3 Å². The van der Waals surface area contributed by atoms with E-state index in [4.69, 9.17) is 15.2 Å². The summed E-state index contributed by atoms with van der Waals surface area (Å²) in [4.78, 5) is 22.0. The number of carbonyl (C=O) groups is 2. The zero-order valence-electron chi connectivity index (χ0n) is 12.5. The Kier molecular flexibility index (Phi) is 8.24. The molecule has 0 heterocycles. The third-order valence-corrected chi connectivity index (χ3v) is 3.31. The smallest absolute Gasteiger partial charge is 0.481 e. The Morgan fingerprint density at radius 2 is 1.68 bits per heavy atom. The molecule has 22 heavy (non-hydrogen) atoms. The molecule has 1 aromatic rings. The molecule has 0 saturated heterocycles. The van der Waals surface area contributed by atoms with Crippen molar-refractivity contribution in [2.45, 2.75) is 38.5 Å². The number of benzene rings is 1. The molecule has 0 unspecified atom stereocenters. The third kappa shape index (κ3) is 7.80. The number of rotatable bonds is 10. The van der Waals surface area contributed by atoms with Crippen LogP contribution in [0, 0.1) is 0 Å². The maximum Gasteiger partial charge on any atom is 0.488 e. The number of hydrogen-bond acceptors (Lipinski definition) is 4. The van der Waals surface area contributed by atoms with Gasteiger partial charge in [0.2, 0.25) is 5.91 Å². The van der Waals surface area contributed by atoms with Crippen LogP contribution in [-0.4, -0.2) is 40.7 Å². The molecule has 120 valence electrons. The fourth-order valence-electron chi connectivity index (χ4n) is 2.01. The Bertz CT molecular complexity index is 475. The standard InChI is InChI=1S/C15H22BNO5/c18-14(17-11-3-1-2-4-15(19)20)10-7-12-5-8-13(9-6-12)16(21)22/h5-6,8-9,21-22H,1-4,7,10-11H2,(H,17,18)(H,19,20). The molecule has 0 aliphatic carbocycles. The van der Waals surface area contributed by atoms with Crippen LogP contribution in [0.3, 0.4) is 0 Å². The van der Waals surface area contributed by atoms with Crippen molar-refractivity contribution in [1.29, 1.82) is 0 Å². The van der Waals surface area contributed by atoms with Gasteiger partial charge in [0.15, 0.2) is 0 Å². The highest BCUT2D eigenvalue weighted by Gasteiger charge is 2.10. The number of nitrogens with one attached hydrogen (secondary N) is 1. The van der Waals surface area contributed by atoms with Gasteiger partial charge >= 0.3 is 13.1 Å². The maximum atomic E-state index is 11.6. The van der Waals surface area contributed by atoms with E-state index in [1.165, 1.54) is 0 Å². The summed E-state index contributed by atoms with van der Waals surface area (Å²) in [6.45, 7) is 0.564. The highest BCUT2D eigenvalue weighted by Crippen LogP contribution is 2.02. The Balaban J connectivity index is 2.13. The predicted molar refractivity (Wildman–Crippen MR) is 83.7 cm³/mol. The van der Waals surface area contributed by atoms with Crippen molar-refractivity contribution in [1.82, 2.24) is 5.32 Å². The van der Waals surface area contributed by atoms with E-state index >= 15 is 0 Å². The van der Waals surface area contributed by atoms with Crippen molar-refractivity contribution in [3.63, 3.8) is 0 Å². The van der Waals surface area contributed by atoms with Crippen molar-refractivity contribution in [3.05, 3.63) is 29.8 Å². The van der Waals surface area contributed by atoms with Gasteiger partial charge in [-0.25, -0.2) is 0 Å². The molecule has 0 aliphatic heterocycles. The minimum atomic E-state index is -1.47. The summed E-state index contributed by atoms with van der Waals surface area (Å²) in [6, 6.07) is 6.79. The maximum absolute atomic E-state index is 11.6. The molecule has 0 radical (unpaired) electrons. The number of aliphatic carboxylic acids is 1. The molecule has 1 aromatic carbocycles. The number of hydrogen-bond donors (Lipinski definition) is 4. The molecule has 0 aliphatic rings. The third-order valence-electron chi connectivity index (χ3n) is 3.31. The molecule has 0 bridgehead atoms. The molecular formula is C15H22BNO5. The minimum absolute atomic E-state index is 0.0375. The molecule has 0 fully saturated rings. The molecule has 1 amide bonds. The molecule has 0 atom stereocenters. The van der Waals surface area contributed by atoms with Gasteiger partial charge in [0.25, 0.3) is 0 Å². The zero-order chi connectivity index (χ0) is 16.4. The average Bonchev–Trinajstić information content (AvgIpc) is 2.48. The Hall–Kier alpha value is -1.86. The number of carboxylic acids is 1. The summed E-state index contributed by atoms with van der Waals surface area (Å²) in [5, 5.41) is 29.3. The van der Waals surface area contributed by atoms with E-state index in [-0.39, 0.29) is 12.3 Å². The van der Waals surface area contributed by atoms with Gasteiger partial charge < -0.3 is 20.5 Å². The fraction of sp³-hybridized carbons (Fsp3) is 0.467. The number of aryl methyl sites for hydroxylation is 1. The quantitative estimate of drug-likeness (QED) is 0.361. The van der Waals surface area contributed by atoms with E-state index in [0.717, 1.165) is 18.4 Å². The number of carbonyl (C=O) groups excluding carboxylic acids is 1. The van der Waals surface area contributed by atoms with Crippen LogP contribution in [-0.2, 0) is 16.0 Å². The fourth-order valence-corrected chi connectivity index (χ4v) is 2.01. The summed E-state index contributed by atoms with van der Waals surface area (Å²) >= 11 is 0. The highest BCUT2D eigenvalue weighted by atomic mass is 16.4. The van der Waals surface area contributed by atoms with Crippen LogP contribution in [0.1, 0.15) is 37.7 Å². The minimum Gasteiger partial charge on any atom is -0.481 e. The second-order valence-electron chi connectivity index (χ2n) is 5.17. The summed E-state index contributed by atoms with van der Waals surface area (Å²) in [6.07, 6.45) is 3.34. The first-order valence-corrected chi connectivity index (χ1v) is 7.42. The lowest BCUT2D eigenvalue weighted by atomic mass is 9.80. The van der Waals surface area contributed by atoms with Crippen LogP contribution in [0.2, 0.25) is 0 Å². The summed E-state index contributed by atoms with van der Waals surface area (Å²) in [7, 11) is -1.47. The Labute approximate surface area is 130 Å².